The van der Waals surface area contributed by atoms with E-state index in [2.05, 4.69) is 0 Å². The lowest BCUT2D eigenvalue weighted by atomic mass is 9.98. The molecule has 0 spiro atoms. The number of aliphatic hydroxyl groups is 21. The summed E-state index contributed by atoms with van der Waals surface area (Å²) in [6, 6.07) is 3.14. The van der Waals surface area contributed by atoms with Gasteiger partial charge >= 0.3 is 5.97 Å². The molecule has 0 bridgehead atoms. The van der Waals surface area contributed by atoms with Crippen LogP contribution in [0.2, 0.25) is 0 Å². The molecule has 26 atom stereocenters. The highest BCUT2D eigenvalue weighted by Crippen LogP contribution is 2.33. The minimum atomic E-state index is -2.86. The van der Waals surface area contributed by atoms with Crippen LogP contribution >= 0.6 is 0 Å². The molecule has 6 rings (SSSR count). The highest BCUT2D eigenvalue weighted by molar-refractivity contribution is 5.92. The van der Waals surface area contributed by atoms with E-state index >= 15 is 0 Å². The Morgan fingerprint density at radius 2 is 0.988 bits per heavy atom. The lowest BCUT2D eigenvalue weighted by molar-refractivity contribution is -0.341. The van der Waals surface area contributed by atoms with Crippen LogP contribution in [0.3, 0.4) is 0 Å². The molecule has 36 heteroatoms. The van der Waals surface area contributed by atoms with Gasteiger partial charge in [-0.15, -0.1) is 0 Å². The fraction of sp³-hybridized carbons (Fsp3) is 0.766. The van der Waals surface area contributed by atoms with Gasteiger partial charge in [0.2, 0.25) is 12.0 Å². The average Bonchev–Trinajstić information content (AvgIpc) is 3.71. The van der Waals surface area contributed by atoms with Gasteiger partial charge in [-0.05, 0) is 18.2 Å². The minimum Gasteiger partial charge on any atom is -0.506 e. The largest absolute Gasteiger partial charge is 0.506 e. The predicted molar refractivity (Wildman–Crippen MR) is 259 cm³/mol. The molecule has 24 N–H and O–H groups in total. The molecular formula is C47H73NO35. The SMILES string of the molecule is Nc1ccc(O[C@H](O)/C(O)=C(/O)[C@@H](CCO)O[C@@H]2OC(CO[C@H]3OC[C@@H](O)C(O)C3O)[C@@H](O[C@H](O)/C(O)=C(/O)[C@@H](CCO[C@H]3OC[C@@H](O)C(O)C3O)O[C@@H]3OC(CO[C@H]4OC[C@@H](O)C(O)C4O)[C@@H](O)C(O)CC3O)C(O)C2O)c(C(=O)O)c1. The first-order valence-electron chi connectivity index (χ1n) is 25.7. The van der Waals surface area contributed by atoms with Crippen molar-refractivity contribution in [3.8, 4) is 5.75 Å². The van der Waals surface area contributed by atoms with Crippen LogP contribution < -0.4 is 10.5 Å². The third-order valence-electron chi connectivity index (χ3n) is 13.7. The Labute approximate surface area is 468 Å². The average molecular weight is 1210 g/mol. The highest BCUT2D eigenvalue weighted by atomic mass is 16.8. The number of ether oxygens (including phenoxy) is 12. The van der Waals surface area contributed by atoms with E-state index in [0.29, 0.717) is 0 Å². The summed E-state index contributed by atoms with van der Waals surface area (Å²) in [7, 11) is 0. The van der Waals surface area contributed by atoms with Gasteiger partial charge < -0.3 is 175 Å². The van der Waals surface area contributed by atoms with Crippen molar-refractivity contribution < 1.29 is 174 Å². The van der Waals surface area contributed by atoms with Crippen molar-refractivity contribution in [2.45, 2.75) is 179 Å². The van der Waals surface area contributed by atoms with Crippen molar-refractivity contribution in [1.29, 1.82) is 0 Å². The molecule has 83 heavy (non-hydrogen) atoms. The first-order valence-corrected chi connectivity index (χ1v) is 25.7. The zero-order valence-corrected chi connectivity index (χ0v) is 43.5. The van der Waals surface area contributed by atoms with Gasteiger partial charge in [-0.3, -0.25) is 0 Å². The quantitative estimate of drug-likeness (QED) is 0.0246. The van der Waals surface area contributed by atoms with Crippen LogP contribution in [-0.2, 0) is 52.1 Å². The number of carboxylic acids is 1. The van der Waals surface area contributed by atoms with Crippen LogP contribution in [0, 0.1) is 0 Å². The normalized spacial score (nSPS) is 39.3. The molecule has 5 aliphatic rings. The molecule has 0 aromatic heterocycles. The van der Waals surface area contributed by atoms with E-state index < -0.39 is 266 Å². The zero-order chi connectivity index (χ0) is 61.3. The number of aromatic carboxylic acids is 1. The fourth-order valence-corrected chi connectivity index (χ4v) is 8.89. The molecular weight excluding hydrogens is 1140 g/mol. The summed E-state index contributed by atoms with van der Waals surface area (Å²) >= 11 is 0. The minimum absolute atomic E-state index is 0.0315. The lowest BCUT2D eigenvalue weighted by Gasteiger charge is -2.44. The van der Waals surface area contributed by atoms with Gasteiger partial charge in [0.05, 0.1) is 45.7 Å². The molecule has 5 aliphatic heterocycles. The molecule has 476 valence electrons. The Bertz CT molecular complexity index is 2270. The summed E-state index contributed by atoms with van der Waals surface area (Å²) in [5.41, 5.74) is 5.01. The van der Waals surface area contributed by atoms with E-state index in [0.717, 1.165) is 12.1 Å². The summed E-state index contributed by atoms with van der Waals surface area (Å²) in [4.78, 5) is 11.8. The van der Waals surface area contributed by atoms with Crippen LogP contribution in [-0.4, -0.2) is 325 Å². The van der Waals surface area contributed by atoms with Crippen molar-refractivity contribution in [1.82, 2.24) is 0 Å². The predicted octanol–water partition coefficient (Wildman–Crippen LogP) is -9.42. The van der Waals surface area contributed by atoms with Crippen molar-refractivity contribution in [2.75, 3.05) is 52.0 Å². The zero-order valence-electron chi connectivity index (χ0n) is 43.5. The maximum atomic E-state index is 11.8. The van der Waals surface area contributed by atoms with Crippen LogP contribution in [0.25, 0.3) is 0 Å². The molecule has 1 aromatic carbocycles. The van der Waals surface area contributed by atoms with Crippen LogP contribution in [0.5, 0.6) is 5.75 Å². The molecule has 0 amide bonds. The third kappa shape index (κ3) is 16.9. The summed E-state index contributed by atoms with van der Waals surface area (Å²) in [5, 5.41) is 234. The first-order chi connectivity index (χ1) is 39.1. The van der Waals surface area contributed by atoms with Gasteiger partial charge in [0.15, 0.2) is 48.7 Å². The van der Waals surface area contributed by atoms with Crippen molar-refractivity contribution >= 4 is 11.7 Å². The number of rotatable bonds is 25. The van der Waals surface area contributed by atoms with Gasteiger partial charge in [-0.1, -0.05) is 0 Å². The maximum absolute atomic E-state index is 11.8. The number of nitrogen functional groups attached to an aromatic ring is 1. The summed E-state index contributed by atoms with van der Waals surface area (Å²) < 4.78 is 65.9. The van der Waals surface area contributed by atoms with Crippen molar-refractivity contribution in [3.05, 3.63) is 46.8 Å². The van der Waals surface area contributed by atoms with Crippen molar-refractivity contribution in [2.24, 2.45) is 0 Å². The number of benzene rings is 1. The molecule has 0 saturated carbocycles. The molecule has 12 unspecified atom stereocenters. The highest BCUT2D eigenvalue weighted by Gasteiger charge is 2.51. The van der Waals surface area contributed by atoms with Crippen molar-refractivity contribution in [3.63, 3.8) is 0 Å². The number of nitrogens with two attached hydrogens (primary N) is 1. The van der Waals surface area contributed by atoms with Gasteiger partial charge in [-0.2, -0.15) is 0 Å². The number of carbonyl (C=O) groups is 1. The smallest absolute Gasteiger partial charge is 0.339 e. The maximum Gasteiger partial charge on any atom is 0.339 e. The number of hydrogen-bond acceptors (Lipinski definition) is 35. The monoisotopic (exact) mass is 1210 g/mol. The summed E-state index contributed by atoms with van der Waals surface area (Å²) in [6.07, 6.45) is -53.0. The standard InChI is InChI=1S/C47H73NO35/c48-14-1-2-21(15(7-14)40(68)69)78-41(70)33(62)30(59)22(3-5-49)80-47-38(67)32(61)39(25(82-47)13-77-46-37(66)29(58)20(54)11-75-46)83-42(71)34(63)31(60)23(4-6-72-44-35(64)27(56)18(52)9-73-44)79-43-17(51)8-16(50)26(55)24(81-43)12-76-45-36(65)28(57)19(53)10-74-45/h1-2,7,16-20,22-29,32,35-39,41-47,49-67,70-71H,3-6,8-13,48H2,(H,68,69)/b33-30-,34-31-/t16?,17?,18-,19-,20-,22-,23-,24?,25?,26+,27?,28?,29?,32?,35?,36?,37?,38?,39-,41+,42+,43-,44+,45-,46-,47-/m1/s1. The molecule has 5 saturated heterocycles. The third-order valence-corrected chi connectivity index (χ3v) is 13.7. The van der Waals surface area contributed by atoms with Crippen LogP contribution in [0.15, 0.2) is 41.2 Å². The molecule has 0 radical (unpaired) electrons. The Balaban J connectivity index is 1.26. The van der Waals surface area contributed by atoms with E-state index in [1.807, 2.05) is 0 Å². The van der Waals surface area contributed by atoms with E-state index in [1.54, 1.807) is 0 Å². The topological polar surface area (TPSA) is 599 Å². The summed E-state index contributed by atoms with van der Waals surface area (Å²) in [6.45, 7) is -5.00. The number of hydrogen-bond donors (Lipinski definition) is 23. The van der Waals surface area contributed by atoms with Crippen LogP contribution in [0.1, 0.15) is 29.6 Å². The Kier molecular flexibility index (Phi) is 24.9. The lowest BCUT2D eigenvalue weighted by Crippen LogP contribution is -2.62. The number of anilines is 1. The Morgan fingerprint density at radius 3 is 1.52 bits per heavy atom. The second-order valence-electron chi connectivity index (χ2n) is 19.8. The van der Waals surface area contributed by atoms with Gasteiger partial charge in [-0.25, -0.2) is 4.79 Å². The second kappa shape index (κ2) is 30.5. The number of aliphatic hydroxyl groups excluding tert-OH is 21. The van der Waals surface area contributed by atoms with Gasteiger partial charge in [0.1, 0.15) is 121 Å². The molecule has 36 nitrogen and oxygen atoms in total. The first kappa shape index (κ1) is 68.0. The summed E-state index contributed by atoms with van der Waals surface area (Å²) in [5.74, 6) is -7.90. The van der Waals surface area contributed by atoms with E-state index in [-0.39, 0.29) is 5.69 Å². The molecule has 5 heterocycles. The van der Waals surface area contributed by atoms with Crippen LogP contribution in [0.4, 0.5) is 5.69 Å². The van der Waals surface area contributed by atoms with Gasteiger partial charge in [0, 0.05) is 31.6 Å². The Hall–Kier alpha value is -4.15. The molecule has 5 fully saturated rings. The fourth-order valence-electron chi connectivity index (χ4n) is 8.89. The number of carboxylic acid groups (broad SMARTS) is 1. The molecule has 1 aromatic rings. The van der Waals surface area contributed by atoms with E-state index in [4.69, 9.17) is 62.6 Å². The molecule has 0 aliphatic carbocycles. The van der Waals surface area contributed by atoms with Gasteiger partial charge in [0.25, 0.3) is 6.29 Å². The Morgan fingerprint density at radius 1 is 0.518 bits per heavy atom. The second-order valence-corrected chi connectivity index (χ2v) is 19.8. The van der Waals surface area contributed by atoms with E-state index in [1.165, 1.54) is 6.07 Å². The van der Waals surface area contributed by atoms with E-state index in [9.17, 15) is 117 Å².